The molecule has 1 heterocycles. The Bertz CT molecular complexity index is 524. The van der Waals surface area contributed by atoms with E-state index in [9.17, 15) is 13.2 Å². The molecule has 0 amide bonds. The summed E-state index contributed by atoms with van der Waals surface area (Å²) in [5, 5.41) is 0. The second-order valence-corrected chi connectivity index (χ2v) is 6.21. The normalized spacial score (nSPS) is 23.6. The number of alkyl halides is 3. The highest BCUT2D eigenvalue weighted by molar-refractivity contribution is 7.78. The molecule has 1 aliphatic heterocycles. The van der Waals surface area contributed by atoms with Gasteiger partial charge in [0.15, 0.2) is 10.9 Å². The van der Waals surface area contributed by atoms with Crippen LogP contribution in [0.3, 0.4) is 0 Å². The SMILES string of the molecule is O=S([O-])Cc1ccc(C2OC(C(Cl)Cl)=NC2CF)cc1. The first kappa shape index (κ1) is 15.7. The first-order valence-electron chi connectivity index (χ1n) is 5.74. The van der Waals surface area contributed by atoms with Gasteiger partial charge in [0.05, 0.1) is 0 Å². The molecule has 0 saturated carbocycles. The number of halogens is 3. The molecule has 0 aliphatic carbocycles. The van der Waals surface area contributed by atoms with Crippen LogP contribution in [0.5, 0.6) is 0 Å². The Kier molecular flexibility index (Phi) is 5.37. The molecule has 1 aromatic carbocycles. The number of hydrogen-bond donors (Lipinski definition) is 0. The number of hydrogen-bond acceptors (Lipinski definition) is 4. The predicted octanol–water partition coefficient (Wildman–Crippen LogP) is 2.68. The average Bonchev–Trinajstić information content (AvgIpc) is 2.83. The average molecular weight is 339 g/mol. The van der Waals surface area contributed by atoms with Crippen LogP contribution in [0.25, 0.3) is 0 Å². The van der Waals surface area contributed by atoms with E-state index in [1.165, 1.54) is 0 Å². The van der Waals surface area contributed by atoms with Crippen molar-refractivity contribution < 1.29 is 17.9 Å². The molecular formula is C12H11Cl2FNO3S-. The Labute approximate surface area is 128 Å². The Morgan fingerprint density at radius 3 is 2.55 bits per heavy atom. The van der Waals surface area contributed by atoms with Crippen molar-refractivity contribution in [1.82, 2.24) is 0 Å². The van der Waals surface area contributed by atoms with Gasteiger partial charge in [-0.05, 0) is 11.1 Å². The van der Waals surface area contributed by atoms with Gasteiger partial charge in [0.2, 0.25) is 5.90 Å². The van der Waals surface area contributed by atoms with Crippen LogP contribution in [0, 0.1) is 0 Å². The standard InChI is InChI=1S/C12H12Cl2FNO3S/c13-11(14)12-16-9(5-15)10(19-12)8-3-1-7(2-4-8)6-20(17)18/h1-4,9-11H,5-6H2,(H,17,18)/p-1. The highest BCUT2D eigenvalue weighted by Crippen LogP contribution is 2.32. The Morgan fingerprint density at radius 1 is 1.40 bits per heavy atom. The van der Waals surface area contributed by atoms with E-state index in [0.717, 1.165) is 0 Å². The Morgan fingerprint density at radius 2 is 2.05 bits per heavy atom. The van der Waals surface area contributed by atoms with Crippen LogP contribution in [0.1, 0.15) is 17.2 Å². The molecule has 2 rings (SSSR count). The van der Waals surface area contributed by atoms with Crippen LogP contribution in [0.4, 0.5) is 4.39 Å². The molecule has 3 atom stereocenters. The molecule has 0 fully saturated rings. The van der Waals surface area contributed by atoms with Crippen LogP contribution >= 0.6 is 23.2 Å². The molecule has 0 aromatic heterocycles. The summed E-state index contributed by atoms with van der Waals surface area (Å²) in [5.74, 6) is 0.0386. The lowest BCUT2D eigenvalue weighted by Crippen LogP contribution is -2.16. The number of benzene rings is 1. The van der Waals surface area contributed by atoms with Crippen LogP contribution in [0.2, 0.25) is 0 Å². The summed E-state index contributed by atoms with van der Waals surface area (Å²) in [6, 6.07) is 5.99. The maximum absolute atomic E-state index is 13.0. The molecule has 110 valence electrons. The van der Waals surface area contributed by atoms with Gasteiger partial charge in [-0.1, -0.05) is 58.5 Å². The van der Waals surface area contributed by atoms with Gasteiger partial charge in [-0.15, -0.1) is 0 Å². The molecule has 1 aromatic rings. The summed E-state index contributed by atoms with van der Waals surface area (Å²) in [4.78, 5) is 3.06. The number of ether oxygens (including phenoxy) is 1. The molecule has 0 saturated heterocycles. The lowest BCUT2D eigenvalue weighted by Gasteiger charge is -2.16. The van der Waals surface area contributed by atoms with Crippen molar-refractivity contribution in [2.75, 3.05) is 6.67 Å². The lowest BCUT2D eigenvalue weighted by atomic mass is 10.0. The maximum atomic E-state index is 13.0. The number of nitrogens with zero attached hydrogens (tertiary/aromatic N) is 1. The van der Waals surface area contributed by atoms with Gasteiger partial charge in [0, 0.05) is 5.75 Å². The van der Waals surface area contributed by atoms with Gasteiger partial charge in [0.1, 0.15) is 12.7 Å². The second-order valence-electron chi connectivity index (χ2n) is 4.22. The Balaban J connectivity index is 2.14. The van der Waals surface area contributed by atoms with Crippen molar-refractivity contribution in [2.24, 2.45) is 4.99 Å². The Hall–Kier alpha value is -0.690. The first-order chi connectivity index (χ1) is 9.51. The highest BCUT2D eigenvalue weighted by Gasteiger charge is 2.34. The van der Waals surface area contributed by atoms with E-state index < -0.39 is 34.7 Å². The monoisotopic (exact) mass is 338 g/mol. The van der Waals surface area contributed by atoms with Crippen molar-refractivity contribution in [2.45, 2.75) is 22.7 Å². The molecule has 3 unspecified atom stereocenters. The summed E-state index contributed by atoms with van der Waals surface area (Å²) in [6.45, 7) is -0.693. The number of aliphatic imine (C=N–C) groups is 1. The second kappa shape index (κ2) is 6.85. The van der Waals surface area contributed by atoms with Gasteiger partial charge in [0.25, 0.3) is 0 Å². The van der Waals surface area contributed by atoms with Crippen LogP contribution < -0.4 is 0 Å². The molecular weight excluding hydrogens is 328 g/mol. The zero-order valence-electron chi connectivity index (χ0n) is 10.2. The van der Waals surface area contributed by atoms with Crippen molar-refractivity contribution in [1.29, 1.82) is 0 Å². The van der Waals surface area contributed by atoms with Crippen LogP contribution in [-0.2, 0) is 21.6 Å². The fourth-order valence-corrected chi connectivity index (χ4v) is 2.60. The molecule has 8 heteroatoms. The lowest BCUT2D eigenvalue weighted by molar-refractivity contribution is 0.178. The summed E-state index contributed by atoms with van der Waals surface area (Å²) in [5.41, 5.74) is 1.34. The van der Waals surface area contributed by atoms with Gasteiger partial charge in [-0.2, -0.15) is 0 Å². The largest absolute Gasteiger partial charge is 0.772 e. The topological polar surface area (TPSA) is 61.7 Å². The van der Waals surface area contributed by atoms with Crippen molar-refractivity contribution in [3.8, 4) is 0 Å². The summed E-state index contributed by atoms with van der Waals surface area (Å²) >= 11 is 9.18. The zero-order valence-corrected chi connectivity index (χ0v) is 12.5. The highest BCUT2D eigenvalue weighted by atomic mass is 35.5. The minimum atomic E-state index is -2.14. The van der Waals surface area contributed by atoms with Gasteiger partial charge < -0.3 is 9.29 Å². The van der Waals surface area contributed by atoms with E-state index in [1.807, 2.05) is 0 Å². The quantitative estimate of drug-likeness (QED) is 0.612. The minimum Gasteiger partial charge on any atom is -0.772 e. The van der Waals surface area contributed by atoms with Crippen molar-refractivity contribution in [3.63, 3.8) is 0 Å². The molecule has 0 spiro atoms. The smallest absolute Gasteiger partial charge is 0.218 e. The first-order valence-corrected chi connectivity index (χ1v) is 7.86. The van der Waals surface area contributed by atoms with Gasteiger partial charge in [-0.25, -0.2) is 9.38 Å². The van der Waals surface area contributed by atoms with Crippen LogP contribution in [-0.4, -0.2) is 32.2 Å². The molecule has 20 heavy (non-hydrogen) atoms. The summed E-state index contributed by atoms with van der Waals surface area (Å²) < 4.78 is 39.6. The molecule has 0 bridgehead atoms. The van der Waals surface area contributed by atoms with E-state index in [1.54, 1.807) is 24.3 Å². The van der Waals surface area contributed by atoms with E-state index in [-0.39, 0.29) is 11.7 Å². The van der Waals surface area contributed by atoms with Crippen molar-refractivity contribution in [3.05, 3.63) is 35.4 Å². The predicted molar refractivity (Wildman–Crippen MR) is 75.6 cm³/mol. The fourth-order valence-electron chi connectivity index (χ4n) is 1.92. The van der Waals surface area contributed by atoms with E-state index in [4.69, 9.17) is 27.9 Å². The van der Waals surface area contributed by atoms with Gasteiger partial charge >= 0.3 is 0 Å². The van der Waals surface area contributed by atoms with E-state index >= 15 is 0 Å². The van der Waals surface area contributed by atoms with E-state index in [0.29, 0.717) is 11.1 Å². The molecule has 1 aliphatic rings. The van der Waals surface area contributed by atoms with Gasteiger partial charge in [-0.3, -0.25) is 4.21 Å². The third-order valence-electron chi connectivity index (χ3n) is 2.83. The summed E-state index contributed by atoms with van der Waals surface area (Å²) in [7, 11) is 0. The maximum Gasteiger partial charge on any atom is 0.218 e. The molecule has 0 radical (unpaired) electrons. The van der Waals surface area contributed by atoms with Crippen molar-refractivity contribution >= 4 is 40.2 Å². The minimum absolute atomic E-state index is 0.0640. The van der Waals surface area contributed by atoms with Crippen LogP contribution in [0.15, 0.2) is 29.3 Å². The fraction of sp³-hybridized carbons (Fsp3) is 0.417. The third-order valence-corrected chi connectivity index (χ3v) is 3.77. The zero-order chi connectivity index (χ0) is 14.7. The third kappa shape index (κ3) is 3.69. The van der Waals surface area contributed by atoms with E-state index in [2.05, 4.69) is 4.99 Å². The molecule has 0 N–H and O–H groups in total. The molecule has 4 nitrogen and oxygen atoms in total. The number of rotatable bonds is 5. The summed E-state index contributed by atoms with van der Waals surface area (Å²) in [6.07, 6.45) is -0.596.